The molecule has 0 saturated carbocycles. The Labute approximate surface area is 144 Å². The minimum atomic E-state index is -0.591. The number of amides is 2. The van der Waals surface area contributed by atoms with Crippen LogP contribution in [0, 0.1) is 5.82 Å². The van der Waals surface area contributed by atoms with Gasteiger partial charge in [0.1, 0.15) is 5.82 Å². The number of hydrogen-bond acceptors (Lipinski definition) is 2. The molecule has 1 aliphatic rings. The lowest BCUT2D eigenvalue weighted by molar-refractivity contribution is 0.0533. The lowest BCUT2D eigenvalue weighted by Gasteiger charge is -2.34. The van der Waals surface area contributed by atoms with Crippen LogP contribution in [0.3, 0.4) is 0 Å². The molecule has 7 heteroatoms. The molecule has 2 aromatic rings. The predicted molar refractivity (Wildman–Crippen MR) is 88.6 cm³/mol. The Morgan fingerprint density at radius 2 is 1.67 bits per heavy atom. The molecule has 5 nitrogen and oxygen atoms in total. The predicted octanol–water partition coefficient (Wildman–Crippen LogP) is 2.42. The van der Waals surface area contributed by atoms with E-state index in [1.165, 1.54) is 18.2 Å². The number of aromatic nitrogens is 1. The van der Waals surface area contributed by atoms with Gasteiger partial charge in [0.25, 0.3) is 11.8 Å². The minimum Gasteiger partial charge on any atom is -0.356 e. The first-order chi connectivity index (χ1) is 11.5. The van der Waals surface area contributed by atoms with Crippen molar-refractivity contribution >= 4 is 23.4 Å². The molecule has 1 aliphatic heterocycles. The summed E-state index contributed by atoms with van der Waals surface area (Å²) in [6, 6.07) is 5.69. The highest BCUT2D eigenvalue weighted by atomic mass is 35.5. The highest BCUT2D eigenvalue weighted by Gasteiger charge is 2.27. The molecule has 0 radical (unpaired) electrons. The van der Waals surface area contributed by atoms with Crippen LogP contribution in [0.4, 0.5) is 4.39 Å². The molecule has 0 unspecified atom stereocenters. The minimum absolute atomic E-state index is 0.0367. The first kappa shape index (κ1) is 16.5. The van der Waals surface area contributed by atoms with Crippen LogP contribution in [0.15, 0.2) is 36.7 Å². The zero-order valence-electron chi connectivity index (χ0n) is 13.2. The molecule has 0 aliphatic carbocycles. The van der Waals surface area contributed by atoms with Gasteiger partial charge < -0.3 is 14.4 Å². The highest BCUT2D eigenvalue weighted by Crippen LogP contribution is 2.18. The maximum absolute atomic E-state index is 13.8. The summed E-state index contributed by atoms with van der Waals surface area (Å²) in [5.41, 5.74) is 0.587. The molecule has 0 bridgehead atoms. The van der Waals surface area contributed by atoms with Gasteiger partial charge in [-0.3, -0.25) is 9.59 Å². The quantitative estimate of drug-likeness (QED) is 0.836. The van der Waals surface area contributed by atoms with Crippen LogP contribution in [0.5, 0.6) is 0 Å². The third-order valence-corrected chi connectivity index (χ3v) is 4.33. The summed E-state index contributed by atoms with van der Waals surface area (Å²) >= 11 is 5.84. The Morgan fingerprint density at radius 1 is 1.04 bits per heavy atom. The molecule has 3 rings (SSSR count). The van der Waals surface area contributed by atoms with Crippen LogP contribution in [-0.4, -0.2) is 52.4 Å². The first-order valence-electron chi connectivity index (χ1n) is 7.61. The molecule has 2 heterocycles. The van der Waals surface area contributed by atoms with Crippen molar-refractivity contribution in [2.24, 2.45) is 7.05 Å². The molecule has 0 N–H and O–H groups in total. The molecular formula is C17H17ClFN3O2. The standard InChI is InChI=1S/C17H17ClFN3O2/c1-20-5-4-12(11-20)16(23)21-6-8-22(9-7-21)17(24)14-10-13(18)2-3-15(14)19/h2-5,10-11H,6-9H2,1H3. The topological polar surface area (TPSA) is 45.6 Å². The van der Waals surface area contributed by atoms with E-state index in [1.807, 2.05) is 17.8 Å². The summed E-state index contributed by atoms with van der Waals surface area (Å²) in [5, 5.41) is 0.317. The summed E-state index contributed by atoms with van der Waals surface area (Å²) < 4.78 is 15.6. The number of rotatable bonds is 2. The molecule has 0 atom stereocenters. The van der Waals surface area contributed by atoms with Crippen LogP contribution in [0.25, 0.3) is 0 Å². The highest BCUT2D eigenvalue weighted by molar-refractivity contribution is 6.31. The maximum atomic E-state index is 13.8. The van der Waals surface area contributed by atoms with Crippen LogP contribution < -0.4 is 0 Å². The fourth-order valence-electron chi connectivity index (χ4n) is 2.76. The van der Waals surface area contributed by atoms with Crippen molar-refractivity contribution in [3.63, 3.8) is 0 Å². The monoisotopic (exact) mass is 349 g/mol. The summed E-state index contributed by atoms with van der Waals surface area (Å²) in [4.78, 5) is 28.1. The second kappa shape index (κ2) is 6.65. The number of nitrogens with zero attached hydrogens (tertiary/aromatic N) is 3. The Morgan fingerprint density at radius 3 is 2.25 bits per heavy atom. The van der Waals surface area contributed by atoms with E-state index in [4.69, 9.17) is 11.6 Å². The van der Waals surface area contributed by atoms with E-state index < -0.39 is 11.7 Å². The average Bonchev–Trinajstić information content (AvgIpc) is 3.02. The molecule has 1 fully saturated rings. The van der Waals surface area contributed by atoms with Crippen molar-refractivity contribution in [1.29, 1.82) is 0 Å². The average molecular weight is 350 g/mol. The molecule has 24 heavy (non-hydrogen) atoms. The Balaban J connectivity index is 1.65. The third kappa shape index (κ3) is 3.28. The molecule has 126 valence electrons. The SMILES string of the molecule is Cn1ccc(C(=O)N2CCN(C(=O)c3cc(Cl)ccc3F)CC2)c1. The third-order valence-electron chi connectivity index (χ3n) is 4.09. The number of halogens is 2. The van der Waals surface area contributed by atoms with Gasteiger partial charge in [-0.2, -0.15) is 0 Å². The van der Waals surface area contributed by atoms with Crippen molar-refractivity contribution in [3.8, 4) is 0 Å². The lowest BCUT2D eigenvalue weighted by Crippen LogP contribution is -2.50. The Bertz CT molecular complexity index is 782. The van der Waals surface area contributed by atoms with Gasteiger partial charge in [0.05, 0.1) is 11.1 Å². The molecule has 0 spiro atoms. The Hall–Kier alpha value is -2.34. The number of carbonyl (C=O) groups is 2. The summed E-state index contributed by atoms with van der Waals surface area (Å²) in [7, 11) is 1.85. The maximum Gasteiger partial charge on any atom is 0.257 e. The zero-order valence-corrected chi connectivity index (χ0v) is 14.0. The normalized spacial score (nSPS) is 14.8. The van der Waals surface area contributed by atoms with E-state index in [0.29, 0.717) is 36.8 Å². The fraction of sp³-hybridized carbons (Fsp3) is 0.294. The molecular weight excluding hydrogens is 333 g/mol. The summed E-state index contributed by atoms with van der Waals surface area (Å²) in [6.07, 6.45) is 3.58. The van der Waals surface area contributed by atoms with Gasteiger partial charge in [0.2, 0.25) is 0 Å². The smallest absolute Gasteiger partial charge is 0.257 e. The Kier molecular flexibility index (Phi) is 4.57. The largest absolute Gasteiger partial charge is 0.356 e. The van der Waals surface area contributed by atoms with Crippen molar-refractivity contribution < 1.29 is 14.0 Å². The van der Waals surface area contributed by atoms with Gasteiger partial charge in [0, 0.05) is 50.6 Å². The van der Waals surface area contributed by atoms with Gasteiger partial charge in [-0.05, 0) is 24.3 Å². The van der Waals surface area contributed by atoms with Crippen molar-refractivity contribution in [1.82, 2.24) is 14.4 Å². The molecule has 2 amide bonds. The van der Waals surface area contributed by atoms with Crippen LogP contribution >= 0.6 is 11.6 Å². The lowest BCUT2D eigenvalue weighted by atomic mass is 10.1. The number of benzene rings is 1. The van der Waals surface area contributed by atoms with Gasteiger partial charge in [-0.25, -0.2) is 4.39 Å². The first-order valence-corrected chi connectivity index (χ1v) is 7.99. The van der Waals surface area contributed by atoms with Crippen molar-refractivity contribution in [3.05, 3.63) is 58.6 Å². The van der Waals surface area contributed by atoms with Crippen LogP contribution in [-0.2, 0) is 7.05 Å². The van der Waals surface area contributed by atoms with E-state index in [-0.39, 0.29) is 11.5 Å². The number of piperazine rings is 1. The second-order valence-electron chi connectivity index (χ2n) is 5.77. The summed E-state index contributed by atoms with van der Waals surface area (Å²) in [6.45, 7) is 1.57. The molecule has 1 aromatic carbocycles. The van der Waals surface area contributed by atoms with Gasteiger partial charge in [-0.1, -0.05) is 11.6 Å². The molecule has 1 saturated heterocycles. The van der Waals surface area contributed by atoms with Gasteiger partial charge >= 0.3 is 0 Å². The summed E-state index contributed by atoms with van der Waals surface area (Å²) in [5.74, 6) is -1.05. The van der Waals surface area contributed by atoms with E-state index >= 15 is 0 Å². The fourth-order valence-corrected chi connectivity index (χ4v) is 2.93. The van der Waals surface area contributed by atoms with Crippen molar-refractivity contribution in [2.75, 3.05) is 26.2 Å². The van der Waals surface area contributed by atoms with Gasteiger partial charge in [-0.15, -0.1) is 0 Å². The van der Waals surface area contributed by atoms with E-state index in [1.54, 1.807) is 22.1 Å². The van der Waals surface area contributed by atoms with E-state index in [9.17, 15) is 14.0 Å². The number of hydrogen-bond donors (Lipinski definition) is 0. The number of aryl methyl sites for hydroxylation is 1. The number of carbonyl (C=O) groups excluding carboxylic acids is 2. The second-order valence-corrected chi connectivity index (χ2v) is 6.21. The zero-order chi connectivity index (χ0) is 17.3. The van der Waals surface area contributed by atoms with E-state index in [2.05, 4.69) is 0 Å². The van der Waals surface area contributed by atoms with E-state index in [0.717, 1.165) is 0 Å². The molecule has 1 aromatic heterocycles. The van der Waals surface area contributed by atoms with Crippen LogP contribution in [0.1, 0.15) is 20.7 Å². The van der Waals surface area contributed by atoms with Gasteiger partial charge in [0.15, 0.2) is 0 Å². The van der Waals surface area contributed by atoms with Crippen molar-refractivity contribution in [2.45, 2.75) is 0 Å². The van der Waals surface area contributed by atoms with Crippen LogP contribution in [0.2, 0.25) is 5.02 Å².